The number of nitrogens with zero attached hydrogens (tertiary/aromatic N) is 1. The van der Waals surface area contributed by atoms with Crippen LogP contribution in [0.25, 0.3) is 10.9 Å². The second-order valence-electron chi connectivity index (χ2n) is 4.77. The van der Waals surface area contributed by atoms with Gasteiger partial charge in [0.1, 0.15) is 0 Å². The molecule has 0 spiro atoms. The molecule has 0 unspecified atom stereocenters. The summed E-state index contributed by atoms with van der Waals surface area (Å²) in [5.74, 6) is 0.327. The third kappa shape index (κ3) is 2.37. The molecular weight excluding hydrogens is 303 g/mol. The van der Waals surface area contributed by atoms with Crippen molar-refractivity contribution in [1.29, 1.82) is 0 Å². The summed E-state index contributed by atoms with van der Waals surface area (Å²) in [7, 11) is 1.87. The average Bonchev–Trinajstić information content (AvgIpc) is 2.34. The maximum absolute atomic E-state index is 6.34. The second kappa shape index (κ2) is 5.35. The number of benzene rings is 1. The first-order valence-electron chi connectivity index (χ1n) is 6.03. The smallest absolute Gasteiger partial charge is 0.0928 e. The second-order valence-corrected chi connectivity index (χ2v) is 5.96. The van der Waals surface area contributed by atoms with Gasteiger partial charge in [-0.3, -0.25) is 4.98 Å². The monoisotopic (exact) mass is 316 g/mol. The fourth-order valence-corrected chi connectivity index (χ4v) is 3.18. The van der Waals surface area contributed by atoms with Crippen molar-refractivity contribution in [3.05, 3.63) is 32.4 Å². The van der Waals surface area contributed by atoms with Crippen LogP contribution in [0.2, 0.25) is 15.1 Å². The molecular formula is C14H15Cl3N2. The third-order valence-corrected chi connectivity index (χ3v) is 4.24. The molecule has 0 bridgehead atoms. The number of aromatic nitrogens is 1. The minimum Gasteiger partial charge on any atom is -0.387 e. The van der Waals surface area contributed by atoms with Crippen molar-refractivity contribution >= 4 is 51.4 Å². The van der Waals surface area contributed by atoms with Crippen LogP contribution in [0.4, 0.5) is 5.69 Å². The summed E-state index contributed by atoms with van der Waals surface area (Å²) >= 11 is 18.7. The number of halogens is 3. The van der Waals surface area contributed by atoms with Gasteiger partial charge in [-0.15, -0.1) is 0 Å². The zero-order valence-electron chi connectivity index (χ0n) is 11.2. The average molecular weight is 318 g/mol. The van der Waals surface area contributed by atoms with Crippen molar-refractivity contribution in [2.24, 2.45) is 0 Å². The SMILES string of the molecule is CNc1c(C(C)C)c(C)nc2c(Cl)cc(Cl)c(Cl)c12. The van der Waals surface area contributed by atoms with Gasteiger partial charge in [-0.05, 0) is 24.5 Å². The summed E-state index contributed by atoms with van der Waals surface area (Å²) < 4.78 is 0. The summed E-state index contributed by atoms with van der Waals surface area (Å²) in [5, 5.41) is 5.44. The van der Waals surface area contributed by atoms with E-state index in [0.717, 1.165) is 22.3 Å². The number of pyridine rings is 1. The molecule has 0 aliphatic carbocycles. The fourth-order valence-electron chi connectivity index (χ4n) is 2.43. The molecule has 0 aliphatic rings. The topological polar surface area (TPSA) is 24.9 Å². The molecule has 0 fully saturated rings. The lowest BCUT2D eigenvalue weighted by Crippen LogP contribution is -2.04. The summed E-state index contributed by atoms with van der Waals surface area (Å²) in [4.78, 5) is 4.59. The Balaban J connectivity index is 3.04. The Morgan fingerprint density at radius 3 is 2.32 bits per heavy atom. The molecule has 19 heavy (non-hydrogen) atoms. The minimum atomic E-state index is 0.327. The molecule has 2 rings (SSSR count). The van der Waals surface area contributed by atoms with Crippen molar-refractivity contribution < 1.29 is 0 Å². The van der Waals surface area contributed by atoms with Crippen LogP contribution in [0, 0.1) is 6.92 Å². The first kappa shape index (κ1) is 14.7. The molecule has 5 heteroatoms. The van der Waals surface area contributed by atoms with Crippen LogP contribution in [0.3, 0.4) is 0 Å². The van der Waals surface area contributed by atoms with Crippen molar-refractivity contribution in [2.45, 2.75) is 26.7 Å². The summed E-state index contributed by atoms with van der Waals surface area (Å²) in [6, 6.07) is 1.63. The minimum absolute atomic E-state index is 0.327. The van der Waals surface area contributed by atoms with Gasteiger partial charge < -0.3 is 5.32 Å². The molecule has 2 nitrogen and oxygen atoms in total. The predicted octanol–water partition coefficient (Wildman–Crippen LogP) is 5.67. The zero-order chi connectivity index (χ0) is 14.3. The molecule has 2 aromatic rings. The van der Waals surface area contributed by atoms with Gasteiger partial charge in [-0.2, -0.15) is 0 Å². The van der Waals surface area contributed by atoms with Crippen LogP contribution >= 0.6 is 34.8 Å². The Morgan fingerprint density at radius 2 is 1.79 bits per heavy atom. The van der Waals surface area contributed by atoms with E-state index in [2.05, 4.69) is 24.1 Å². The normalized spacial score (nSPS) is 11.4. The van der Waals surface area contributed by atoms with Gasteiger partial charge in [0.25, 0.3) is 0 Å². The van der Waals surface area contributed by atoms with Crippen LogP contribution in [-0.4, -0.2) is 12.0 Å². The number of fused-ring (bicyclic) bond motifs is 1. The molecule has 1 N–H and O–H groups in total. The van der Waals surface area contributed by atoms with E-state index in [1.165, 1.54) is 0 Å². The molecule has 1 heterocycles. The summed E-state index contributed by atoms with van der Waals surface area (Å²) in [6.45, 7) is 6.22. The van der Waals surface area contributed by atoms with E-state index < -0.39 is 0 Å². The van der Waals surface area contributed by atoms with Crippen LogP contribution in [0.1, 0.15) is 31.0 Å². The summed E-state index contributed by atoms with van der Waals surface area (Å²) in [5.41, 5.74) is 3.72. The zero-order valence-corrected chi connectivity index (χ0v) is 13.5. The van der Waals surface area contributed by atoms with Crippen molar-refractivity contribution in [3.8, 4) is 0 Å². The van der Waals surface area contributed by atoms with Gasteiger partial charge in [-0.25, -0.2) is 0 Å². The first-order chi connectivity index (χ1) is 8.88. The van der Waals surface area contributed by atoms with Gasteiger partial charge in [0.05, 0.1) is 26.3 Å². The maximum Gasteiger partial charge on any atom is 0.0928 e. The van der Waals surface area contributed by atoms with Gasteiger partial charge >= 0.3 is 0 Å². The number of nitrogens with one attached hydrogen (secondary N) is 1. The van der Waals surface area contributed by atoms with E-state index in [1.807, 2.05) is 14.0 Å². The number of anilines is 1. The highest BCUT2D eigenvalue weighted by molar-refractivity contribution is 6.48. The van der Waals surface area contributed by atoms with E-state index in [-0.39, 0.29) is 0 Å². The lowest BCUT2D eigenvalue weighted by Gasteiger charge is -2.19. The van der Waals surface area contributed by atoms with E-state index in [1.54, 1.807) is 6.07 Å². The quantitative estimate of drug-likeness (QED) is 0.722. The Labute approximate surface area is 128 Å². The number of rotatable bonds is 2. The van der Waals surface area contributed by atoms with Crippen LogP contribution in [0.15, 0.2) is 6.07 Å². The lowest BCUT2D eigenvalue weighted by atomic mass is 9.96. The van der Waals surface area contributed by atoms with Gasteiger partial charge in [-0.1, -0.05) is 48.7 Å². The first-order valence-corrected chi connectivity index (χ1v) is 7.17. The molecule has 0 saturated carbocycles. The Morgan fingerprint density at radius 1 is 1.16 bits per heavy atom. The molecule has 1 aromatic carbocycles. The highest BCUT2D eigenvalue weighted by Gasteiger charge is 2.19. The van der Waals surface area contributed by atoms with Gasteiger partial charge in [0, 0.05) is 18.1 Å². The van der Waals surface area contributed by atoms with Gasteiger partial charge in [0.15, 0.2) is 0 Å². The lowest BCUT2D eigenvalue weighted by molar-refractivity contribution is 0.849. The van der Waals surface area contributed by atoms with Crippen molar-refractivity contribution in [1.82, 2.24) is 4.98 Å². The highest BCUT2D eigenvalue weighted by Crippen LogP contribution is 2.42. The van der Waals surface area contributed by atoms with Crippen molar-refractivity contribution in [3.63, 3.8) is 0 Å². The Bertz CT molecular complexity index is 651. The standard InChI is InChI=1S/C14H15Cl3N2/c1-6(2)10-7(3)19-13-9(16)5-8(15)12(17)11(13)14(10)18-4/h5-6H,1-4H3,(H,18,19). The van der Waals surface area contributed by atoms with E-state index in [4.69, 9.17) is 34.8 Å². The largest absolute Gasteiger partial charge is 0.387 e. The molecule has 0 radical (unpaired) electrons. The number of aryl methyl sites for hydroxylation is 1. The number of hydrogen-bond donors (Lipinski definition) is 1. The van der Waals surface area contributed by atoms with E-state index >= 15 is 0 Å². The molecule has 0 atom stereocenters. The van der Waals surface area contributed by atoms with E-state index in [0.29, 0.717) is 26.5 Å². The molecule has 102 valence electrons. The Hall–Kier alpha value is -0.700. The fraction of sp³-hybridized carbons (Fsp3) is 0.357. The predicted molar refractivity (Wildman–Crippen MR) is 85.1 cm³/mol. The van der Waals surface area contributed by atoms with Crippen LogP contribution in [0.5, 0.6) is 0 Å². The maximum atomic E-state index is 6.34. The molecule has 0 saturated heterocycles. The number of hydrogen-bond acceptors (Lipinski definition) is 2. The van der Waals surface area contributed by atoms with E-state index in [9.17, 15) is 0 Å². The summed E-state index contributed by atoms with van der Waals surface area (Å²) in [6.07, 6.45) is 0. The van der Waals surface area contributed by atoms with Crippen LogP contribution in [-0.2, 0) is 0 Å². The van der Waals surface area contributed by atoms with Crippen molar-refractivity contribution in [2.75, 3.05) is 12.4 Å². The Kier molecular flexibility index (Phi) is 4.14. The third-order valence-electron chi connectivity index (χ3n) is 3.16. The highest BCUT2D eigenvalue weighted by atomic mass is 35.5. The molecule has 1 aromatic heterocycles. The molecule has 0 amide bonds. The van der Waals surface area contributed by atoms with Crippen LogP contribution < -0.4 is 5.32 Å². The van der Waals surface area contributed by atoms with Gasteiger partial charge in [0.2, 0.25) is 0 Å². The molecule has 0 aliphatic heterocycles.